The Morgan fingerprint density at radius 2 is 2.15 bits per heavy atom. The zero-order valence-electron chi connectivity index (χ0n) is 11.6. The van der Waals surface area contributed by atoms with Gasteiger partial charge >= 0.3 is 0 Å². The van der Waals surface area contributed by atoms with Gasteiger partial charge in [0.1, 0.15) is 0 Å². The van der Waals surface area contributed by atoms with E-state index in [-0.39, 0.29) is 0 Å². The normalized spacial score (nSPS) is 16.9. The van der Waals surface area contributed by atoms with Crippen LogP contribution in [0.5, 0.6) is 0 Å². The largest absolute Gasteiger partial charge is 0.370 e. The molecule has 1 aliphatic carbocycles. The van der Waals surface area contributed by atoms with E-state index < -0.39 is 0 Å². The highest BCUT2D eigenvalue weighted by Crippen LogP contribution is 2.17. The van der Waals surface area contributed by atoms with Crippen LogP contribution >= 0.6 is 0 Å². The average molecular weight is 271 g/mol. The summed E-state index contributed by atoms with van der Waals surface area (Å²) in [6, 6.07) is 8.64. The molecule has 0 atom stereocenters. The zero-order chi connectivity index (χ0) is 13.8. The van der Waals surface area contributed by atoms with E-state index in [1.807, 2.05) is 24.5 Å². The third-order valence-corrected chi connectivity index (χ3v) is 3.86. The highest BCUT2D eigenvalue weighted by Gasteiger charge is 2.14. The van der Waals surface area contributed by atoms with Gasteiger partial charge in [-0.2, -0.15) is 0 Å². The van der Waals surface area contributed by atoms with Crippen LogP contribution in [-0.4, -0.2) is 28.1 Å². The lowest BCUT2D eigenvalue weighted by molar-refractivity contribution is 0.622. The van der Waals surface area contributed by atoms with Crippen molar-refractivity contribution in [1.82, 2.24) is 14.9 Å². The summed E-state index contributed by atoms with van der Waals surface area (Å²) in [6.07, 6.45) is 6.88. The molecule has 3 N–H and O–H groups in total. The van der Waals surface area contributed by atoms with Crippen LogP contribution in [0, 0.1) is 0 Å². The summed E-state index contributed by atoms with van der Waals surface area (Å²) < 4.78 is 2.11. The van der Waals surface area contributed by atoms with Crippen LogP contribution in [0.1, 0.15) is 25.7 Å². The first kappa shape index (κ1) is 13.0. The summed E-state index contributed by atoms with van der Waals surface area (Å²) in [5.74, 6) is 0.571. The Labute approximate surface area is 118 Å². The van der Waals surface area contributed by atoms with Crippen molar-refractivity contribution in [3.05, 3.63) is 30.6 Å². The average Bonchev–Trinajstić information content (AvgIpc) is 3.09. The Kier molecular flexibility index (Phi) is 3.85. The minimum Gasteiger partial charge on any atom is -0.370 e. The molecule has 3 rings (SSSR count). The van der Waals surface area contributed by atoms with E-state index in [9.17, 15) is 0 Å². The summed E-state index contributed by atoms with van der Waals surface area (Å²) >= 11 is 0. The van der Waals surface area contributed by atoms with Crippen molar-refractivity contribution < 1.29 is 0 Å². The van der Waals surface area contributed by atoms with Gasteiger partial charge < -0.3 is 15.6 Å². The van der Waals surface area contributed by atoms with E-state index in [4.69, 9.17) is 5.73 Å². The molecule has 1 saturated carbocycles. The van der Waals surface area contributed by atoms with Gasteiger partial charge in [-0.25, -0.2) is 4.98 Å². The Hall–Kier alpha value is -2.04. The maximum absolute atomic E-state index is 5.92. The van der Waals surface area contributed by atoms with Crippen LogP contribution in [0.4, 0.5) is 0 Å². The topological polar surface area (TPSA) is 68.2 Å². The molecule has 0 unspecified atom stereocenters. The molecule has 106 valence electrons. The smallest absolute Gasteiger partial charge is 0.188 e. The lowest BCUT2D eigenvalue weighted by Crippen LogP contribution is -2.38. The number of hydrogen-bond acceptors (Lipinski definition) is 2. The molecule has 20 heavy (non-hydrogen) atoms. The van der Waals surface area contributed by atoms with Gasteiger partial charge in [0.05, 0.1) is 23.9 Å². The van der Waals surface area contributed by atoms with Gasteiger partial charge in [0.2, 0.25) is 0 Å². The number of aromatic nitrogens is 2. The van der Waals surface area contributed by atoms with Gasteiger partial charge in [0.15, 0.2) is 5.96 Å². The molecular formula is C15H21N5. The van der Waals surface area contributed by atoms with Crippen molar-refractivity contribution in [1.29, 1.82) is 0 Å². The fourth-order valence-corrected chi connectivity index (χ4v) is 2.79. The second-order valence-corrected chi connectivity index (χ2v) is 5.32. The van der Waals surface area contributed by atoms with Gasteiger partial charge in [-0.05, 0) is 25.0 Å². The molecule has 0 radical (unpaired) electrons. The number of benzene rings is 1. The first-order valence-electron chi connectivity index (χ1n) is 7.29. The summed E-state index contributed by atoms with van der Waals surface area (Å²) in [6.45, 7) is 1.47. The molecule has 0 aliphatic heterocycles. The number of nitrogens with one attached hydrogen (secondary N) is 1. The van der Waals surface area contributed by atoms with E-state index in [2.05, 4.69) is 25.9 Å². The van der Waals surface area contributed by atoms with Crippen molar-refractivity contribution in [3.8, 4) is 0 Å². The molecule has 0 amide bonds. The Morgan fingerprint density at radius 1 is 1.35 bits per heavy atom. The van der Waals surface area contributed by atoms with Gasteiger partial charge in [-0.3, -0.25) is 4.99 Å². The summed E-state index contributed by atoms with van der Waals surface area (Å²) in [7, 11) is 0. The second kappa shape index (κ2) is 5.94. The molecule has 0 saturated heterocycles. The molecule has 1 aliphatic rings. The fraction of sp³-hybridized carbons (Fsp3) is 0.467. The van der Waals surface area contributed by atoms with Crippen LogP contribution < -0.4 is 11.1 Å². The van der Waals surface area contributed by atoms with Crippen LogP contribution in [0.25, 0.3) is 11.0 Å². The minimum absolute atomic E-state index is 0.521. The van der Waals surface area contributed by atoms with E-state index in [0.29, 0.717) is 18.5 Å². The van der Waals surface area contributed by atoms with Crippen molar-refractivity contribution in [2.75, 3.05) is 6.54 Å². The number of imidazole rings is 1. The lowest BCUT2D eigenvalue weighted by Gasteiger charge is -2.12. The molecule has 0 bridgehead atoms. The standard InChI is InChI=1S/C15H21N5/c16-15(19-12-5-1-2-6-12)17-9-10-20-11-18-13-7-3-4-8-14(13)20/h3-4,7-8,11-12H,1-2,5-6,9-10H2,(H3,16,17,19). The van der Waals surface area contributed by atoms with Crippen molar-refractivity contribution in [2.24, 2.45) is 10.7 Å². The molecule has 1 aromatic heterocycles. The monoisotopic (exact) mass is 271 g/mol. The van der Waals surface area contributed by atoms with Crippen molar-refractivity contribution in [2.45, 2.75) is 38.3 Å². The fourth-order valence-electron chi connectivity index (χ4n) is 2.79. The van der Waals surface area contributed by atoms with Crippen molar-refractivity contribution >= 4 is 17.0 Å². The molecule has 5 nitrogen and oxygen atoms in total. The number of fused-ring (bicyclic) bond motifs is 1. The molecule has 1 heterocycles. The Balaban J connectivity index is 1.56. The number of para-hydroxylation sites is 2. The molecule has 1 aromatic carbocycles. The number of guanidine groups is 1. The Morgan fingerprint density at radius 3 is 3.00 bits per heavy atom. The SMILES string of the molecule is NC(=NCCn1cnc2ccccc21)NC1CCCC1. The maximum Gasteiger partial charge on any atom is 0.188 e. The quantitative estimate of drug-likeness (QED) is 0.659. The van der Waals surface area contributed by atoms with Crippen molar-refractivity contribution in [3.63, 3.8) is 0 Å². The van der Waals surface area contributed by atoms with E-state index in [1.165, 1.54) is 25.7 Å². The highest BCUT2D eigenvalue weighted by molar-refractivity contribution is 5.78. The van der Waals surface area contributed by atoms with E-state index >= 15 is 0 Å². The molecule has 5 heteroatoms. The van der Waals surface area contributed by atoms with Crippen LogP contribution in [-0.2, 0) is 6.54 Å². The van der Waals surface area contributed by atoms with Crippen LogP contribution in [0.3, 0.4) is 0 Å². The molecule has 2 aromatic rings. The maximum atomic E-state index is 5.92. The number of aliphatic imine (C=N–C) groups is 1. The number of nitrogens with two attached hydrogens (primary N) is 1. The van der Waals surface area contributed by atoms with E-state index in [1.54, 1.807) is 0 Å². The summed E-state index contributed by atoms with van der Waals surface area (Å²) in [4.78, 5) is 8.77. The first-order valence-corrected chi connectivity index (χ1v) is 7.29. The molecule has 0 spiro atoms. The summed E-state index contributed by atoms with van der Waals surface area (Å²) in [5.41, 5.74) is 8.08. The Bertz CT molecular complexity index is 595. The third-order valence-electron chi connectivity index (χ3n) is 3.86. The third kappa shape index (κ3) is 2.92. The zero-order valence-corrected chi connectivity index (χ0v) is 11.6. The van der Waals surface area contributed by atoms with Crippen LogP contribution in [0.15, 0.2) is 35.6 Å². The number of nitrogens with zero attached hydrogens (tertiary/aromatic N) is 3. The van der Waals surface area contributed by atoms with Gasteiger partial charge in [-0.1, -0.05) is 25.0 Å². The van der Waals surface area contributed by atoms with Crippen LogP contribution in [0.2, 0.25) is 0 Å². The second-order valence-electron chi connectivity index (χ2n) is 5.32. The van der Waals surface area contributed by atoms with Gasteiger partial charge in [-0.15, -0.1) is 0 Å². The van der Waals surface area contributed by atoms with Gasteiger partial charge in [0.25, 0.3) is 0 Å². The minimum atomic E-state index is 0.521. The molecule has 1 fully saturated rings. The predicted molar refractivity (Wildman–Crippen MR) is 81.6 cm³/mol. The number of rotatable bonds is 4. The lowest BCUT2D eigenvalue weighted by atomic mass is 10.2. The number of hydrogen-bond donors (Lipinski definition) is 2. The predicted octanol–water partition coefficient (Wildman–Crippen LogP) is 1.88. The summed E-state index contributed by atoms with van der Waals surface area (Å²) in [5, 5.41) is 3.30. The van der Waals surface area contributed by atoms with E-state index in [0.717, 1.165) is 17.6 Å². The molecular weight excluding hydrogens is 250 g/mol. The highest BCUT2D eigenvalue weighted by atomic mass is 15.1. The van der Waals surface area contributed by atoms with Gasteiger partial charge in [0, 0.05) is 12.6 Å². The first-order chi connectivity index (χ1) is 9.83.